The number of hydrogen-bond acceptors (Lipinski definition) is 2. The van der Waals surface area contributed by atoms with E-state index in [4.69, 9.17) is 0 Å². The van der Waals surface area contributed by atoms with Crippen LogP contribution in [0, 0.1) is 0 Å². The summed E-state index contributed by atoms with van der Waals surface area (Å²) in [6.45, 7) is 0. The molecule has 116 valence electrons. The summed E-state index contributed by atoms with van der Waals surface area (Å²) in [7, 11) is 0. The molecule has 0 amide bonds. The van der Waals surface area contributed by atoms with Crippen LogP contribution in [0.2, 0.25) is 0 Å². The molecule has 1 unspecified atom stereocenters. The van der Waals surface area contributed by atoms with Gasteiger partial charge in [0, 0.05) is 11.3 Å². The van der Waals surface area contributed by atoms with Crippen molar-refractivity contribution in [3.8, 4) is 0 Å². The molecule has 0 saturated heterocycles. The normalized spacial score (nSPS) is 12.7. The highest BCUT2D eigenvalue weighted by Crippen LogP contribution is 2.36. The first-order valence-corrected chi connectivity index (χ1v) is 8.34. The van der Waals surface area contributed by atoms with Gasteiger partial charge in [0.2, 0.25) is 0 Å². The lowest BCUT2D eigenvalue weighted by Crippen LogP contribution is -2.45. The van der Waals surface area contributed by atoms with Crippen molar-refractivity contribution in [1.29, 1.82) is 0 Å². The molecular formula is C19H16NO2S-. The summed E-state index contributed by atoms with van der Waals surface area (Å²) in [6, 6.07) is 28.8. The third kappa shape index (κ3) is 3.10. The van der Waals surface area contributed by atoms with Gasteiger partial charge in [-0.15, -0.1) is 0 Å². The Bertz CT molecular complexity index is 680. The van der Waals surface area contributed by atoms with Crippen LogP contribution in [0.15, 0.2) is 91.0 Å². The van der Waals surface area contributed by atoms with E-state index in [0.717, 1.165) is 16.7 Å². The number of hydrogen-bond donors (Lipinski definition) is 1. The van der Waals surface area contributed by atoms with Gasteiger partial charge in [0.05, 0.1) is 0 Å². The second kappa shape index (κ2) is 6.87. The van der Waals surface area contributed by atoms with Crippen LogP contribution in [0.3, 0.4) is 0 Å². The zero-order chi connectivity index (χ0) is 16.1. The Morgan fingerprint density at radius 1 is 0.652 bits per heavy atom. The molecule has 3 nitrogen and oxygen atoms in total. The van der Waals surface area contributed by atoms with Crippen molar-refractivity contribution in [3.05, 3.63) is 108 Å². The lowest BCUT2D eigenvalue weighted by Gasteiger charge is -2.37. The fourth-order valence-corrected chi connectivity index (χ4v) is 3.47. The highest BCUT2D eigenvalue weighted by Gasteiger charge is 2.36. The van der Waals surface area contributed by atoms with E-state index in [9.17, 15) is 8.76 Å². The van der Waals surface area contributed by atoms with Crippen molar-refractivity contribution in [2.45, 2.75) is 5.54 Å². The van der Waals surface area contributed by atoms with Crippen molar-refractivity contribution < 1.29 is 8.76 Å². The van der Waals surface area contributed by atoms with Crippen LogP contribution in [0.4, 0.5) is 0 Å². The van der Waals surface area contributed by atoms with Crippen LogP contribution >= 0.6 is 0 Å². The minimum Gasteiger partial charge on any atom is -0.760 e. The molecular weight excluding hydrogens is 306 g/mol. The Kier molecular flexibility index (Phi) is 4.67. The lowest BCUT2D eigenvalue weighted by atomic mass is 9.78. The second-order valence-corrected chi connectivity index (χ2v) is 5.86. The predicted octanol–water partition coefficient (Wildman–Crippen LogP) is 3.36. The highest BCUT2D eigenvalue weighted by molar-refractivity contribution is 7.77. The SMILES string of the molecule is O=S([O-])NC(c1ccccc1)(c1ccccc1)c1ccccc1. The summed E-state index contributed by atoms with van der Waals surface area (Å²) < 4.78 is 26.0. The Labute approximate surface area is 138 Å². The van der Waals surface area contributed by atoms with Crippen molar-refractivity contribution in [2.24, 2.45) is 0 Å². The highest BCUT2D eigenvalue weighted by atomic mass is 32.2. The van der Waals surface area contributed by atoms with E-state index in [-0.39, 0.29) is 0 Å². The van der Waals surface area contributed by atoms with Crippen molar-refractivity contribution in [2.75, 3.05) is 0 Å². The molecule has 0 spiro atoms. The average Bonchev–Trinajstić information content (AvgIpc) is 2.62. The van der Waals surface area contributed by atoms with Gasteiger partial charge in [0.1, 0.15) is 5.54 Å². The Balaban J connectivity index is 2.32. The van der Waals surface area contributed by atoms with E-state index < -0.39 is 16.8 Å². The van der Waals surface area contributed by atoms with Crippen LogP contribution in [-0.2, 0) is 16.8 Å². The minimum absolute atomic E-state index is 0.863. The summed E-state index contributed by atoms with van der Waals surface area (Å²) in [6.07, 6.45) is 0. The topological polar surface area (TPSA) is 52.2 Å². The van der Waals surface area contributed by atoms with Gasteiger partial charge in [-0.3, -0.25) is 4.21 Å². The first-order valence-electron chi connectivity index (χ1n) is 7.27. The molecule has 0 fully saturated rings. The summed E-state index contributed by atoms with van der Waals surface area (Å²) in [5.41, 5.74) is 1.63. The molecule has 3 aromatic rings. The lowest BCUT2D eigenvalue weighted by molar-refractivity contribution is 0.486. The van der Waals surface area contributed by atoms with E-state index in [1.807, 2.05) is 91.0 Å². The van der Waals surface area contributed by atoms with E-state index >= 15 is 0 Å². The summed E-state index contributed by atoms with van der Waals surface area (Å²) >= 11 is -2.44. The molecule has 0 aromatic heterocycles. The second-order valence-electron chi connectivity index (χ2n) is 5.18. The van der Waals surface area contributed by atoms with Gasteiger partial charge in [-0.2, -0.15) is 0 Å². The fraction of sp³-hybridized carbons (Fsp3) is 0.0526. The molecule has 3 aromatic carbocycles. The maximum Gasteiger partial charge on any atom is 0.105 e. The molecule has 0 bridgehead atoms. The van der Waals surface area contributed by atoms with Crippen LogP contribution < -0.4 is 4.72 Å². The molecule has 3 rings (SSSR count). The predicted molar refractivity (Wildman–Crippen MR) is 91.3 cm³/mol. The van der Waals surface area contributed by atoms with Crippen LogP contribution in [0.25, 0.3) is 0 Å². The van der Waals surface area contributed by atoms with Crippen LogP contribution in [0.1, 0.15) is 16.7 Å². The van der Waals surface area contributed by atoms with E-state index in [1.54, 1.807) is 0 Å². The maximum atomic E-state index is 11.6. The van der Waals surface area contributed by atoms with E-state index in [0.29, 0.717) is 0 Å². The monoisotopic (exact) mass is 322 g/mol. The fourth-order valence-electron chi connectivity index (χ4n) is 2.87. The largest absolute Gasteiger partial charge is 0.760 e. The Morgan fingerprint density at radius 2 is 0.957 bits per heavy atom. The van der Waals surface area contributed by atoms with Crippen LogP contribution in [-0.4, -0.2) is 8.76 Å². The van der Waals surface area contributed by atoms with Gasteiger partial charge in [-0.05, 0) is 16.7 Å². The van der Waals surface area contributed by atoms with Gasteiger partial charge in [0.25, 0.3) is 0 Å². The van der Waals surface area contributed by atoms with Gasteiger partial charge in [-0.1, -0.05) is 91.0 Å². The first kappa shape index (κ1) is 15.6. The third-order valence-electron chi connectivity index (χ3n) is 3.86. The molecule has 23 heavy (non-hydrogen) atoms. The number of rotatable bonds is 5. The molecule has 0 radical (unpaired) electrons. The summed E-state index contributed by atoms with van der Waals surface area (Å²) in [5.74, 6) is 0. The first-order chi connectivity index (χ1) is 11.2. The Hall–Kier alpha value is -2.27. The van der Waals surface area contributed by atoms with Gasteiger partial charge in [-0.25, -0.2) is 4.72 Å². The molecule has 1 N–H and O–H groups in total. The third-order valence-corrected chi connectivity index (χ3v) is 4.33. The summed E-state index contributed by atoms with van der Waals surface area (Å²) in [5, 5.41) is 0. The smallest absolute Gasteiger partial charge is 0.105 e. The molecule has 0 aliphatic heterocycles. The molecule has 4 heteroatoms. The molecule has 1 atom stereocenters. The van der Waals surface area contributed by atoms with Gasteiger partial charge >= 0.3 is 0 Å². The standard InChI is InChI=1S/C19H17NO2S/c21-23(22)20-19(16-10-4-1-5-11-16,17-12-6-2-7-13-17)18-14-8-3-9-15-18/h1-15,20H,(H,21,22)/p-1. The zero-order valence-electron chi connectivity index (χ0n) is 12.4. The minimum atomic E-state index is -2.44. The maximum absolute atomic E-state index is 11.6. The van der Waals surface area contributed by atoms with Crippen molar-refractivity contribution in [1.82, 2.24) is 4.72 Å². The van der Waals surface area contributed by atoms with E-state index in [2.05, 4.69) is 4.72 Å². The molecule has 0 heterocycles. The van der Waals surface area contributed by atoms with Gasteiger partial charge < -0.3 is 4.55 Å². The van der Waals surface area contributed by atoms with Crippen molar-refractivity contribution in [3.63, 3.8) is 0 Å². The molecule has 0 aliphatic rings. The zero-order valence-corrected chi connectivity index (χ0v) is 13.2. The number of nitrogens with one attached hydrogen (secondary N) is 1. The van der Waals surface area contributed by atoms with E-state index in [1.165, 1.54) is 0 Å². The quantitative estimate of drug-likeness (QED) is 0.578. The molecule has 0 saturated carbocycles. The Morgan fingerprint density at radius 3 is 1.22 bits per heavy atom. The van der Waals surface area contributed by atoms with Gasteiger partial charge in [0.15, 0.2) is 0 Å². The number of benzene rings is 3. The average molecular weight is 322 g/mol. The van der Waals surface area contributed by atoms with Crippen molar-refractivity contribution >= 4 is 11.3 Å². The van der Waals surface area contributed by atoms with Crippen LogP contribution in [0.5, 0.6) is 0 Å². The summed E-state index contributed by atoms with van der Waals surface area (Å²) in [4.78, 5) is 0. The molecule has 0 aliphatic carbocycles.